The number of nitrogens with one attached hydrogen (secondary N) is 2. The van der Waals surface area contributed by atoms with Gasteiger partial charge in [-0.2, -0.15) is 0 Å². The van der Waals surface area contributed by atoms with E-state index in [1.54, 1.807) is 0 Å². The van der Waals surface area contributed by atoms with Crippen molar-refractivity contribution in [2.24, 2.45) is 11.3 Å². The zero-order valence-corrected chi connectivity index (χ0v) is 11.6. The molecule has 0 bridgehead atoms. The molecule has 0 aliphatic carbocycles. The Labute approximate surface area is 110 Å². The minimum absolute atomic E-state index is 0.211. The number of hydrogen-bond acceptors (Lipinski definition) is 3. The Morgan fingerprint density at radius 3 is 2.61 bits per heavy atom. The van der Waals surface area contributed by atoms with Crippen LogP contribution in [-0.4, -0.2) is 38.3 Å². The van der Waals surface area contributed by atoms with E-state index in [1.165, 1.54) is 6.42 Å². The Hall–Kier alpha value is -0.610. The molecule has 4 heteroatoms. The van der Waals surface area contributed by atoms with Gasteiger partial charge in [-0.1, -0.05) is 13.8 Å². The summed E-state index contributed by atoms with van der Waals surface area (Å²) < 4.78 is 5.32. The molecule has 2 aliphatic heterocycles. The highest BCUT2D eigenvalue weighted by atomic mass is 16.5. The fourth-order valence-corrected chi connectivity index (χ4v) is 2.87. The Kier molecular flexibility index (Phi) is 4.62. The van der Waals surface area contributed by atoms with Crippen molar-refractivity contribution < 1.29 is 9.53 Å². The standard InChI is InChI=1S/C14H26N2O2/c1-14(2,11-4-3-7-15-10-11)13(17)16-12-5-8-18-9-6-12/h11-12,15H,3-10H2,1-2H3,(H,16,17). The molecular weight excluding hydrogens is 228 g/mol. The largest absolute Gasteiger partial charge is 0.381 e. The molecule has 0 radical (unpaired) electrons. The van der Waals surface area contributed by atoms with Crippen molar-refractivity contribution >= 4 is 5.91 Å². The van der Waals surface area contributed by atoms with Crippen LogP contribution in [0.25, 0.3) is 0 Å². The number of hydrogen-bond donors (Lipinski definition) is 2. The molecule has 18 heavy (non-hydrogen) atoms. The molecule has 2 heterocycles. The first kappa shape index (κ1) is 13.8. The minimum atomic E-state index is -0.272. The smallest absolute Gasteiger partial charge is 0.226 e. The van der Waals surface area contributed by atoms with Crippen LogP contribution in [0.4, 0.5) is 0 Å². The van der Waals surface area contributed by atoms with Crippen LogP contribution in [0.2, 0.25) is 0 Å². The number of rotatable bonds is 3. The van der Waals surface area contributed by atoms with Gasteiger partial charge >= 0.3 is 0 Å². The Bertz CT molecular complexity index is 280. The maximum Gasteiger partial charge on any atom is 0.226 e. The molecule has 0 aromatic rings. The molecule has 2 N–H and O–H groups in total. The van der Waals surface area contributed by atoms with Crippen LogP contribution in [0.15, 0.2) is 0 Å². The molecule has 2 saturated heterocycles. The van der Waals surface area contributed by atoms with Crippen molar-refractivity contribution in [3.63, 3.8) is 0 Å². The lowest BCUT2D eigenvalue weighted by atomic mass is 9.74. The Morgan fingerprint density at radius 2 is 2.00 bits per heavy atom. The van der Waals surface area contributed by atoms with Crippen LogP contribution in [0.1, 0.15) is 39.5 Å². The third-order valence-corrected chi connectivity index (χ3v) is 4.46. The number of piperidine rings is 1. The average molecular weight is 254 g/mol. The normalized spacial score (nSPS) is 26.9. The Balaban J connectivity index is 1.88. The van der Waals surface area contributed by atoms with E-state index in [2.05, 4.69) is 24.5 Å². The van der Waals surface area contributed by atoms with Gasteiger partial charge < -0.3 is 15.4 Å². The number of carbonyl (C=O) groups excluding carboxylic acids is 1. The van der Waals surface area contributed by atoms with E-state index >= 15 is 0 Å². The van der Waals surface area contributed by atoms with Crippen LogP contribution >= 0.6 is 0 Å². The zero-order chi connectivity index (χ0) is 13.0. The van der Waals surface area contributed by atoms with E-state index in [0.717, 1.165) is 45.6 Å². The second-order valence-electron chi connectivity index (χ2n) is 6.13. The van der Waals surface area contributed by atoms with Crippen LogP contribution in [0.5, 0.6) is 0 Å². The predicted octanol–water partition coefficient (Wildman–Crippen LogP) is 1.31. The van der Waals surface area contributed by atoms with E-state index in [9.17, 15) is 4.79 Å². The molecule has 104 valence electrons. The predicted molar refractivity (Wildman–Crippen MR) is 71.4 cm³/mol. The van der Waals surface area contributed by atoms with Gasteiger partial charge in [0.15, 0.2) is 0 Å². The lowest BCUT2D eigenvalue weighted by Gasteiger charge is -2.37. The first-order valence-corrected chi connectivity index (χ1v) is 7.20. The summed E-state index contributed by atoms with van der Waals surface area (Å²) in [6, 6.07) is 0.307. The number of amides is 1. The lowest BCUT2D eigenvalue weighted by molar-refractivity contribution is -0.134. The van der Waals surface area contributed by atoms with E-state index in [-0.39, 0.29) is 11.3 Å². The molecule has 4 nitrogen and oxygen atoms in total. The fourth-order valence-electron chi connectivity index (χ4n) is 2.87. The van der Waals surface area contributed by atoms with Crippen molar-refractivity contribution in [2.45, 2.75) is 45.6 Å². The van der Waals surface area contributed by atoms with Gasteiger partial charge in [-0.15, -0.1) is 0 Å². The molecule has 0 aromatic heterocycles. The van der Waals surface area contributed by atoms with Crippen molar-refractivity contribution in [1.29, 1.82) is 0 Å². The highest BCUT2D eigenvalue weighted by molar-refractivity contribution is 5.82. The summed E-state index contributed by atoms with van der Waals surface area (Å²) in [5.74, 6) is 0.661. The monoisotopic (exact) mass is 254 g/mol. The topological polar surface area (TPSA) is 50.4 Å². The summed E-state index contributed by atoms with van der Waals surface area (Å²) in [5, 5.41) is 6.61. The minimum Gasteiger partial charge on any atom is -0.381 e. The maximum absolute atomic E-state index is 12.5. The van der Waals surface area contributed by atoms with Gasteiger partial charge in [0, 0.05) is 24.7 Å². The first-order chi connectivity index (χ1) is 8.60. The molecule has 1 unspecified atom stereocenters. The van der Waals surface area contributed by atoms with E-state index in [0.29, 0.717) is 12.0 Å². The van der Waals surface area contributed by atoms with Crippen molar-refractivity contribution in [2.75, 3.05) is 26.3 Å². The molecule has 1 atom stereocenters. The summed E-state index contributed by atoms with van der Waals surface area (Å²) in [4.78, 5) is 12.5. The van der Waals surface area contributed by atoms with Gasteiger partial charge in [0.1, 0.15) is 0 Å². The van der Waals surface area contributed by atoms with Crippen LogP contribution < -0.4 is 10.6 Å². The highest BCUT2D eigenvalue weighted by Gasteiger charge is 2.38. The van der Waals surface area contributed by atoms with Crippen molar-refractivity contribution in [3.05, 3.63) is 0 Å². The van der Waals surface area contributed by atoms with Gasteiger partial charge in [0.25, 0.3) is 0 Å². The quantitative estimate of drug-likeness (QED) is 0.798. The molecule has 1 amide bonds. The first-order valence-electron chi connectivity index (χ1n) is 7.20. The fraction of sp³-hybridized carbons (Fsp3) is 0.929. The number of carbonyl (C=O) groups is 1. The third-order valence-electron chi connectivity index (χ3n) is 4.46. The van der Waals surface area contributed by atoms with E-state index in [1.807, 2.05) is 0 Å². The summed E-state index contributed by atoms with van der Waals surface area (Å²) >= 11 is 0. The Morgan fingerprint density at radius 1 is 1.28 bits per heavy atom. The number of ether oxygens (including phenoxy) is 1. The molecule has 0 aromatic carbocycles. The van der Waals surface area contributed by atoms with Crippen LogP contribution in [0.3, 0.4) is 0 Å². The van der Waals surface area contributed by atoms with Crippen LogP contribution in [0, 0.1) is 11.3 Å². The van der Waals surface area contributed by atoms with Gasteiger partial charge in [0.2, 0.25) is 5.91 Å². The molecule has 0 spiro atoms. The zero-order valence-electron chi connectivity index (χ0n) is 11.6. The van der Waals surface area contributed by atoms with Crippen molar-refractivity contribution in [3.8, 4) is 0 Å². The van der Waals surface area contributed by atoms with E-state index in [4.69, 9.17) is 4.74 Å². The molecule has 2 fully saturated rings. The lowest BCUT2D eigenvalue weighted by Crippen LogP contribution is -2.50. The molecule has 2 rings (SSSR count). The molecule has 0 saturated carbocycles. The van der Waals surface area contributed by atoms with Gasteiger partial charge in [-0.05, 0) is 44.7 Å². The maximum atomic E-state index is 12.5. The van der Waals surface area contributed by atoms with E-state index < -0.39 is 0 Å². The summed E-state index contributed by atoms with van der Waals surface area (Å²) in [5.41, 5.74) is -0.272. The average Bonchev–Trinajstić information content (AvgIpc) is 2.41. The molecular formula is C14H26N2O2. The third kappa shape index (κ3) is 3.23. The summed E-state index contributed by atoms with van der Waals surface area (Å²) in [7, 11) is 0. The summed E-state index contributed by atoms with van der Waals surface area (Å²) in [6.07, 6.45) is 4.23. The summed E-state index contributed by atoms with van der Waals surface area (Å²) in [6.45, 7) is 7.77. The highest BCUT2D eigenvalue weighted by Crippen LogP contribution is 2.32. The van der Waals surface area contributed by atoms with Crippen molar-refractivity contribution in [1.82, 2.24) is 10.6 Å². The van der Waals surface area contributed by atoms with Gasteiger partial charge in [0.05, 0.1) is 0 Å². The van der Waals surface area contributed by atoms with Gasteiger partial charge in [-0.25, -0.2) is 0 Å². The SMILES string of the molecule is CC(C)(C(=O)NC1CCOCC1)C1CCCNC1. The second-order valence-corrected chi connectivity index (χ2v) is 6.13. The second kappa shape index (κ2) is 6.02. The van der Waals surface area contributed by atoms with Gasteiger partial charge in [-0.3, -0.25) is 4.79 Å². The van der Waals surface area contributed by atoms with Crippen LogP contribution in [-0.2, 0) is 9.53 Å². The molecule has 2 aliphatic rings.